The SMILES string of the molecule is CCO[SiH](CCCNC(=O)OC(C)(C)C)OCC. The quantitative estimate of drug-likeness (QED) is 0.546. The molecule has 0 aliphatic carbocycles. The molecule has 0 rings (SSSR count). The lowest BCUT2D eigenvalue weighted by atomic mass is 10.2. The maximum absolute atomic E-state index is 11.4. The number of amides is 1. The topological polar surface area (TPSA) is 56.8 Å². The Morgan fingerprint density at radius 3 is 2.17 bits per heavy atom. The Hall–Kier alpha value is -0.593. The average molecular weight is 277 g/mol. The molecule has 0 fully saturated rings. The van der Waals surface area contributed by atoms with Crippen LogP contribution in [0.2, 0.25) is 6.04 Å². The Morgan fingerprint density at radius 2 is 1.72 bits per heavy atom. The number of nitrogens with one attached hydrogen (secondary N) is 1. The normalized spacial score (nSPS) is 11.7. The van der Waals surface area contributed by atoms with E-state index in [9.17, 15) is 4.79 Å². The molecule has 0 saturated heterocycles. The van der Waals surface area contributed by atoms with Crippen molar-refractivity contribution in [1.82, 2.24) is 5.32 Å². The van der Waals surface area contributed by atoms with E-state index < -0.39 is 14.9 Å². The third kappa shape index (κ3) is 10.6. The van der Waals surface area contributed by atoms with E-state index in [1.807, 2.05) is 34.6 Å². The number of carbonyl (C=O) groups excluding carboxylic acids is 1. The number of alkyl carbamates (subject to hydrolysis) is 1. The van der Waals surface area contributed by atoms with Gasteiger partial charge in [-0.2, -0.15) is 0 Å². The second kappa shape index (κ2) is 9.35. The van der Waals surface area contributed by atoms with Gasteiger partial charge in [0, 0.05) is 19.8 Å². The summed E-state index contributed by atoms with van der Waals surface area (Å²) >= 11 is 0. The van der Waals surface area contributed by atoms with Gasteiger partial charge in [-0.05, 0) is 47.1 Å². The fourth-order valence-electron chi connectivity index (χ4n) is 1.36. The molecule has 1 N–H and O–H groups in total. The molecule has 1 amide bonds. The molecule has 0 unspecified atom stereocenters. The van der Waals surface area contributed by atoms with Crippen LogP contribution in [0.4, 0.5) is 4.79 Å². The third-order valence-electron chi connectivity index (χ3n) is 1.99. The highest BCUT2D eigenvalue weighted by Gasteiger charge is 2.16. The summed E-state index contributed by atoms with van der Waals surface area (Å²) in [6.07, 6.45) is 0.490. The number of ether oxygens (including phenoxy) is 1. The highest BCUT2D eigenvalue weighted by molar-refractivity contribution is 6.44. The summed E-state index contributed by atoms with van der Waals surface area (Å²) in [5.41, 5.74) is -0.446. The van der Waals surface area contributed by atoms with Crippen LogP contribution < -0.4 is 5.32 Å². The first-order chi connectivity index (χ1) is 8.39. The van der Waals surface area contributed by atoms with Crippen LogP contribution in [0.15, 0.2) is 0 Å². The fraction of sp³-hybridized carbons (Fsp3) is 0.917. The molecule has 0 spiro atoms. The lowest BCUT2D eigenvalue weighted by Crippen LogP contribution is -2.33. The van der Waals surface area contributed by atoms with E-state index in [-0.39, 0.29) is 6.09 Å². The number of rotatable bonds is 8. The lowest BCUT2D eigenvalue weighted by Gasteiger charge is -2.20. The molecule has 0 bridgehead atoms. The van der Waals surface area contributed by atoms with E-state index in [2.05, 4.69) is 5.32 Å². The summed E-state index contributed by atoms with van der Waals surface area (Å²) in [6, 6.07) is 0.900. The van der Waals surface area contributed by atoms with E-state index in [0.717, 1.165) is 12.5 Å². The van der Waals surface area contributed by atoms with Gasteiger partial charge in [-0.1, -0.05) is 0 Å². The van der Waals surface area contributed by atoms with Crippen molar-refractivity contribution in [2.75, 3.05) is 19.8 Å². The van der Waals surface area contributed by atoms with Gasteiger partial charge in [0.1, 0.15) is 5.60 Å². The van der Waals surface area contributed by atoms with E-state index >= 15 is 0 Å². The Kier molecular flexibility index (Phi) is 9.04. The molecule has 0 aromatic rings. The Bertz CT molecular complexity index is 225. The zero-order valence-electron chi connectivity index (χ0n) is 12.2. The summed E-state index contributed by atoms with van der Waals surface area (Å²) in [5.74, 6) is 0. The molecular formula is C12H27NO4Si. The van der Waals surface area contributed by atoms with Gasteiger partial charge in [0.15, 0.2) is 0 Å². The molecule has 0 aromatic carbocycles. The molecule has 0 aromatic heterocycles. The minimum absolute atomic E-state index is 0.367. The van der Waals surface area contributed by atoms with Crippen molar-refractivity contribution < 1.29 is 18.4 Å². The molecule has 0 radical (unpaired) electrons. The Morgan fingerprint density at radius 1 is 1.17 bits per heavy atom. The van der Waals surface area contributed by atoms with Crippen LogP contribution in [0.1, 0.15) is 41.0 Å². The predicted octanol–water partition coefficient (Wildman–Crippen LogP) is 2.19. The fourth-order valence-corrected chi connectivity index (χ4v) is 3.07. The van der Waals surface area contributed by atoms with Gasteiger partial charge < -0.3 is 18.9 Å². The van der Waals surface area contributed by atoms with Gasteiger partial charge in [-0.15, -0.1) is 0 Å². The second-order valence-electron chi connectivity index (χ2n) is 4.91. The van der Waals surface area contributed by atoms with Crippen LogP contribution in [0.25, 0.3) is 0 Å². The van der Waals surface area contributed by atoms with Crippen molar-refractivity contribution in [2.45, 2.75) is 52.7 Å². The highest BCUT2D eigenvalue weighted by Crippen LogP contribution is 2.06. The molecule has 108 valence electrons. The summed E-state index contributed by atoms with van der Waals surface area (Å²) in [7, 11) is -1.53. The number of hydrogen-bond donors (Lipinski definition) is 1. The molecule has 0 heterocycles. The van der Waals surface area contributed by atoms with Crippen LogP contribution >= 0.6 is 0 Å². The lowest BCUT2D eigenvalue weighted by molar-refractivity contribution is 0.0527. The minimum Gasteiger partial charge on any atom is -0.444 e. The number of hydrogen-bond acceptors (Lipinski definition) is 4. The van der Waals surface area contributed by atoms with E-state index in [4.69, 9.17) is 13.6 Å². The van der Waals surface area contributed by atoms with Gasteiger partial charge in [-0.25, -0.2) is 4.79 Å². The third-order valence-corrected chi connectivity index (χ3v) is 4.28. The average Bonchev–Trinajstić information content (AvgIpc) is 2.22. The molecule has 5 nitrogen and oxygen atoms in total. The van der Waals surface area contributed by atoms with Crippen LogP contribution in [0, 0.1) is 0 Å². The van der Waals surface area contributed by atoms with E-state index in [0.29, 0.717) is 19.8 Å². The molecule has 0 atom stereocenters. The minimum atomic E-state index is -1.53. The summed E-state index contributed by atoms with van der Waals surface area (Å²) in [4.78, 5) is 11.4. The zero-order chi connectivity index (χ0) is 14.0. The van der Waals surface area contributed by atoms with Crippen molar-refractivity contribution in [3.05, 3.63) is 0 Å². The van der Waals surface area contributed by atoms with Crippen molar-refractivity contribution in [2.24, 2.45) is 0 Å². The molecule has 6 heteroatoms. The van der Waals surface area contributed by atoms with Crippen molar-refractivity contribution in [3.63, 3.8) is 0 Å². The Labute approximate surface area is 112 Å². The largest absolute Gasteiger partial charge is 0.444 e. The highest BCUT2D eigenvalue weighted by atomic mass is 28.3. The predicted molar refractivity (Wildman–Crippen MR) is 74.1 cm³/mol. The van der Waals surface area contributed by atoms with Gasteiger partial charge in [0.25, 0.3) is 0 Å². The monoisotopic (exact) mass is 277 g/mol. The van der Waals surface area contributed by atoms with Crippen LogP contribution in [-0.4, -0.2) is 40.7 Å². The van der Waals surface area contributed by atoms with Crippen molar-refractivity contribution in [1.29, 1.82) is 0 Å². The first-order valence-electron chi connectivity index (χ1n) is 6.59. The molecule has 0 aliphatic rings. The van der Waals surface area contributed by atoms with Gasteiger partial charge in [0.05, 0.1) is 0 Å². The smallest absolute Gasteiger partial charge is 0.407 e. The van der Waals surface area contributed by atoms with Crippen LogP contribution in [-0.2, 0) is 13.6 Å². The van der Waals surface area contributed by atoms with Gasteiger partial charge in [-0.3, -0.25) is 0 Å². The second-order valence-corrected chi connectivity index (χ2v) is 7.01. The van der Waals surface area contributed by atoms with Crippen LogP contribution in [0.5, 0.6) is 0 Å². The van der Waals surface area contributed by atoms with Gasteiger partial charge >= 0.3 is 15.4 Å². The number of carbonyl (C=O) groups is 1. The maximum atomic E-state index is 11.4. The van der Waals surface area contributed by atoms with E-state index in [1.165, 1.54) is 0 Å². The maximum Gasteiger partial charge on any atom is 0.407 e. The first kappa shape index (κ1) is 17.4. The van der Waals surface area contributed by atoms with Crippen molar-refractivity contribution in [3.8, 4) is 0 Å². The molecular weight excluding hydrogens is 250 g/mol. The standard InChI is InChI=1S/C12H27NO4Si/c1-6-15-18(16-7-2)10-8-9-13-11(14)17-12(3,4)5/h18H,6-10H2,1-5H3,(H,13,14). The zero-order valence-corrected chi connectivity index (χ0v) is 13.4. The molecule has 18 heavy (non-hydrogen) atoms. The van der Waals surface area contributed by atoms with Gasteiger partial charge in [0.2, 0.25) is 0 Å². The first-order valence-corrected chi connectivity index (χ1v) is 8.35. The summed E-state index contributed by atoms with van der Waals surface area (Å²) < 4.78 is 16.2. The molecule has 0 saturated carbocycles. The van der Waals surface area contributed by atoms with E-state index in [1.54, 1.807) is 0 Å². The molecule has 0 aliphatic heterocycles. The van der Waals surface area contributed by atoms with Crippen molar-refractivity contribution >= 4 is 15.4 Å². The Balaban J connectivity index is 3.67. The van der Waals surface area contributed by atoms with Crippen LogP contribution in [0.3, 0.4) is 0 Å². The summed E-state index contributed by atoms with van der Waals surface area (Å²) in [6.45, 7) is 11.5. The summed E-state index contributed by atoms with van der Waals surface area (Å²) in [5, 5.41) is 2.73.